The summed E-state index contributed by atoms with van der Waals surface area (Å²) in [4.78, 5) is 23.5. The van der Waals surface area contributed by atoms with Crippen LogP contribution in [0.4, 0.5) is 0 Å². The number of hydrogen-bond donors (Lipinski definition) is 2. The van der Waals surface area contributed by atoms with Crippen molar-refractivity contribution in [1.82, 2.24) is 5.32 Å². The first-order valence-electron chi connectivity index (χ1n) is 6.36. The molecule has 0 spiro atoms. The summed E-state index contributed by atoms with van der Waals surface area (Å²) in [6.45, 7) is 0.374. The first kappa shape index (κ1) is 12.0. The molecule has 5 nitrogen and oxygen atoms in total. The molecule has 1 aromatic rings. The van der Waals surface area contributed by atoms with Gasteiger partial charge >= 0.3 is 5.97 Å². The lowest BCUT2D eigenvalue weighted by Crippen LogP contribution is -2.39. The average Bonchev–Trinajstić information content (AvgIpc) is 3.10. The van der Waals surface area contributed by atoms with Crippen LogP contribution in [0.2, 0.25) is 0 Å². The second kappa shape index (κ2) is 4.57. The van der Waals surface area contributed by atoms with Crippen molar-refractivity contribution in [2.24, 2.45) is 23.7 Å². The van der Waals surface area contributed by atoms with Crippen LogP contribution < -0.4 is 5.32 Å². The Morgan fingerprint density at radius 3 is 2.68 bits per heavy atom. The zero-order valence-corrected chi connectivity index (χ0v) is 10.3. The Morgan fingerprint density at radius 1 is 1.32 bits per heavy atom. The number of amides is 1. The molecular weight excluding hydrogens is 246 g/mol. The van der Waals surface area contributed by atoms with E-state index in [1.807, 2.05) is 12.2 Å². The number of hydrogen-bond acceptors (Lipinski definition) is 3. The summed E-state index contributed by atoms with van der Waals surface area (Å²) in [6, 6.07) is 1.77. The van der Waals surface area contributed by atoms with Crippen molar-refractivity contribution >= 4 is 11.9 Å². The predicted molar refractivity (Wildman–Crippen MR) is 65.9 cm³/mol. The van der Waals surface area contributed by atoms with Gasteiger partial charge in [0.1, 0.15) is 0 Å². The summed E-state index contributed by atoms with van der Waals surface area (Å²) in [6.07, 6.45) is 7.80. The molecule has 100 valence electrons. The van der Waals surface area contributed by atoms with Gasteiger partial charge in [-0.25, -0.2) is 0 Å². The van der Waals surface area contributed by atoms with Crippen molar-refractivity contribution in [3.05, 3.63) is 36.3 Å². The molecule has 1 fully saturated rings. The number of furan rings is 1. The van der Waals surface area contributed by atoms with Crippen LogP contribution in [0.5, 0.6) is 0 Å². The standard InChI is InChI=1S/C14H15NO4/c16-13(15-6-8-3-4-19-7-8)11-9-1-2-10(5-9)12(11)14(17)18/h1-4,7,9-12H,5-6H2,(H,15,16)(H,17,18)/t9-,10-,11-,12+/m0/s1. The van der Waals surface area contributed by atoms with E-state index in [0.29, 0.717) is 6.54 Å². The minimum atomic E-state index is -0.875. The summed E-state index contributed by atoms with van der Waals surface area (Å²) in [5.41, 5.74) is 0.874. The fourth-order valence-corrected chi connectivity index (χ4v) is 3.22. The second-order valence-corrected chi connectivity index (χ2v) is 5.19. The molecule has 5 heteroatoms. The molecule has 0 aliphatic heterocycles. The highest BCUT2D eigenvalue weighted by Crippen LogP contribution is 2.48. The Bertz CT molecular complexity index is 520. The van der Waals surface area contributed by atoms with E-state index in [2.05, 4.69) is 5.32 Å². The molecule has 1 aromatic heterocycles. The summed E-state index contributed by atoms with van der Waals surface area (Å²) in [5, 5.41) is 12.1. The SMILES string of the molecule is O=C(NCc1ccoc1)[C@@H]1[C@H](C(=O)O)[C@H]2C=C[C@H]1C2. The van der Waals surface area contributed by atoms with Gasteiger partial charge in [0, 0.05) is 12.1 Å². The maximum atomic E-state index is 12.2. The van der Waals surface area contributed by atoms with E-state index in [1.54, 1.807) is 18.6 Å². The van der Waals surface area contributed by atoms with Crippen LogP contribution in [0.1, 0.15) is 12.0 Å². The molecule has 4 atom stereocenters. The molecule has 0 radical (unpaired) electrons. The minimum absolute atomic E-state index is 0.00664. The third kappa shape index (κ3) is 2.05. The molecule has 1 heterocycles. The fourth-order valence-electron chi connectivity index (χ4n) is 3.22. The van der Waals surface area contributed by atoms with E-state index in [-0.39, 0.29) is 17.7 Å². The van der Waals surface area contributed by atoms with Gasteiger partial charge in [-0.2, -0.15) is 0 Å². The summed E-state index contributed by atoms with van der Waals surface area (Å²) in [7, 11) is 0. The van der Waals surface area contributed by atoms with E-state index in [1.165, 1.54) is 0 Å². The number of carboxylic acid groups (broad SMARTS) is 1. The molecule has 2 aliphatic carbocycles. The van der Waals surface area contributed by atoms with Crippen molar-refractivity contribution in [1.29, 1.82) is 0 Å². The lowest BCUT2D eigenvalue weighted by Gasteiger charge is -2.23. The van der Waals surface area contributed by atoms with Gasteiger partial charge in [-0.3, -0.25) is 9.59 Å². The van der Waals surface area contributed by atoms with Crippen LogP contribution in [0.3, 0.4) is 0 Å². The van der Waals surface area contributed by atoms with Crippen LogP contribution >= 0.6 is 0 Å². The summed E-state index contributed by atoms with van der Waals surface area (Å²) < 4.78 is 4.92. The number of carbonyl (C=O) groups is 2. The first-order chi connectivity index (χ1) is 9.16. The largest absolute Gasteiger partial charge is 0.481 e. The molecular formula is C14H15NO4. The van der Waals surface area contributed by atoms with Gasteiger partial charge in [-0.1, -0.05) is 12.2 Å². The van der Waals surface area contributed by atoms with Crippen molar-refractivity contribution in [3.63, 3.8) is 0 Å². The number of nitrogens with one attached hydrogen (secondary N) is 1. The molecule has 2 bridgehead atoms. The van der Waals surface area contributed by atoms with E-state index < -0.39 is 17.8 Å². The molecule has 1 saturated carbocycles. The van der Waals surface area contributed by atoms with Crippen LogP contribution in [-0.2, 0) is 16.1 Å². The zero-order chi connectivity index (χ0) is 13.4. The summed E-state index contributed by atoms with van der Waals surface area (Å²) in [5.74, 6) is -2.01. The van der Waals surface area contributed by atoms with Gasteiger partial charge in [0.25, 0.3) is 0 Å². The van der Waals surface area contributed by atoms with Crippen molar-refractivity contribution in [3.8, 4) is 0 Å². The highest BCUT2D eigenvalue weighted by molar-refractivity contribution is 5.86. The Labute approximate surface area is 110 Å². The molecule has 2 N–H and O–H groups in total. The average molecular weight is 261 g/mol. The van der Waals surface area contributed by atoms with Crippen molar-refractivity contribution < 1.29 is 19.1 Å². The van der Waals surface area contributed by atoms with E-state index >= 15 is 0 Å². The Hall–Kier alpha value is -2.04. The molecule has 0 saturated heterocycles. The number of allylic oxidation sites excluding steroid dienone is 2. The normalized spacial score (nSPS) is 31.6. The fraction of sp³-hybridized carbons (Fsp3) is 0.429. The number of rotatable bonds is 4. The quantitative estimate of drug-likeness (QED) is 0.803. The predicted octanol–water partition coefficient (Wildman–Crippen LogP) is 1.42. The van der Waals surface area contributed by atoms with E-state index in [0.717, 1.165) is 12.0 Å². The molecule has 0 aromatic carbocycles. The Kier molecular flexibility index (Phi) is 2.89. The van der Waals surface area contributed by atoms with E-state index in [9.17, 15) is 14.7 Å². The molecule has 3 rings (SSSR count). The highest BCUT2D eigenvalue weighted by atomic mass is 16.4. The Morgan fingerprint density at radius 2 is 2.05 bits per heavy atom. The van der Waals surface area contributed by atoms with Crippen LogP contribution in [0.25, 0.3) is 0 Å². The zero-order valence-electron chi connectivity index (χ0n) is 10.3. The minimum Gasteiger partial charge on any atom is -0.481 e. The van der Waals surface area contributed by atoms with Gasteiger partial charge in [0.15, 0.2) is 0 Å². The second-order valence-electron chi connectivity index (χ2n) is 5.19. The van der Waals surface area contributed by atoms with Gasteiger partial charge < -0.3 is 14.8 Å². The van der Waals surface area contributed by atoms with E-state index in [4.69, 9.17) is 4.42 Å². The Balaban J connectivity index is 1.68. The molecule has 2 aliphatic rings. The highest BCUT2D eigenvalue weighted by Gasteiger charge is 2.51. The van der Waals surface area contributed by atoms with Gasteiger partial charge in [0.2, 0.25) is 5.91 Å². The number of carboxylic acids is 1. The number of carbonyl (C=O) groups excluding carboxylic acids is 1. The smallest absolute Gasteiger partial charge is 0.307 e. The lowest BCUT2D eigenvalue weighted by atomic mass is 9.82. The topological polar surface area (TPSA) is 79.5 Å². The third-order valence-electron chi connectivity index (χ3n) is 4.09. The van der Waals surface area contributed by atoms with Crippen LogP contribution in [0, 0.1) is 23.7 Å². The van der Waals surface area contributed by atoms with Crippen molar-refractivity contribution in [2.45, 2.75) is 13.0 Å². The first-order valence-corrected chi connectivity index (χ1v) is 6.36. The molecule has 19 heavy (non-hydrogen) atoms. The summed E-state index contributed by atoms with van der Waals surface area (Å²) >= 11 is 0. The van der Waals surface area contributed by atoms with Crippen LogP contribution in [0.15, 0.2) is 35.2 Å². The lowest BCUT2D eigenvalue weighted by molar-refractivity contribution is -0.147. The third-order valence-corrected chi connectivity index (χ3v) is 4.09. The van der Waals surface area contributed by atoms with Gasteiger partial charge in [0.05, 0.1) is 24.4 Å². The molecule has 0 unspecified atom stereocenters. The maximum Gasteiger partial charge on any atom is 0.307 e. The molecule has 1 amide bonds. The van der Waals surface area contributed by atoms with Crippen molar-refractivity contribution in [2.75, 3.05) is 0 Å². The van der Waals surface area contributed by atoms with Gasteiger partial charge in [-0.05, 0) is 24.3 Å². The van der Waals surface area contributed by atoms with Crippen LogP contribution in [-0.4, -0.2) is 17.0 Å². The maximum absolute atomic E-state index is 12.2. The number of aliphatic carboxylic acids is 1. The monoisotopic (exact) mass is 261 g/mol. The van der Waals surface area contributed by atoms with Gasteiger partial charge in [-0.15, -0.1) is 0 Å². The number of fused-ring (bicyclic) bond motifs is 2.